The summed E-state index contributed by atoms with van der Waals surface area (Å²) in [6, 6.07) is -0.935. The number of hydrogen-bond donors (Lipinski definition) is 3. The van der Waals surface area contributed by atoms with Gasteiger partial charge in [-0.1, -0.05) is 12.8 Å². The Morgan fingerprint density at radius 1 is 1.06 bits per heavy atom. The van der Waals surface area contributed by atoms with Crippen LogP contribution < -0.4 is 10.6 Å². The minimum Gasteiger partial charge on any atom is -0.480 e. The minimum atomic E-state index is -0.929. The first-order valence-corrected chi connectivity index (χ1v) is 6.87. The van der Waals surface area contributed by atoms with Gasteiger partial charge in [-0.2, -0.15) is 0 Å². The first kappa shape index (κ1) is 13.2. The number of nitrogens with one attached hydrogen (secondary N) is 2. The molecule has 0 saturated heterocycles. The molecular weight excluding hydrogens is 232 g/mol. The second kappa shape index (κ2) is 5.59. The van der Waals surface area contributed by atoms with Crippen LogP contribution in [-0.2, 0) is 4.79 Å². The van der Waals surface area contributed by atoms with Gasteiger partial charge in [0.05, 0.1) is 0 Å². The molecule has 2 fully saturated rings. The summed E-state index contributed by atoms with van der Waals surface area (Å²) in [5, 5.41) is 14.5. The van der Waals surface area contributed by atoms with E-state index in [1.807, 2.05) is 6.92 Å². The molecule has 5 heteroatoms. The van der Waals surface area contributed by atoms with Gasteiger partial charge in [0.2, 0.25) is 0 Å². The number of rotatable bonds is 5. The van der Waals surface area contributed by atoms with Crippen LogP contribution in [0.25, 0.3) is 0 Å². The van der Waals surface area contributed by atoms with E-state index in [-0.39, 0.29) is 18.0 Å². The van der Waals surface area contributed by atoms with E-state index in [1.54, 1.807) is 0 Å². The van der Waals surface area contributed by atoms with Crippen LogP contribution in [0.3, 0.4) is 0 Å². The fourth-order valence-corrected chi connectivity index (χ4v) is 2.78. The van der Waals surface area contributed by atoms with E-state index >= 15 is 0 Å². The number of carboxylic acids is 1. The van der Waals surface area contributed by atoms with E-state index in [0.29, 0.717) is 5.92 Å². The van der Waals surface area contributed by atoms with Crippen molar-refractivity contribution in [2.24, 2.45) is 11.8 Å². The molecular formula is C13H22N2O3. The third-order valence-electron chi connectivity index (χ3n) is 4.11. The number of hydrogen-bond acceptors (Lipinski definition) is 2. The molecule has 5 nitrogen and oxygen atoms in total. The van der Waals surface area contributed by atoms with Crippen LogP contribution in [0, 0.1) is 11.8 Å². The van der Waals surface area contributed by atoms with E-state index in [0.717, 1.165) is 25.7 Å². The SMILES string of the molecule is CC(NC(=O)NC(C(=O)O)C1CC1)C1CCCC1. The number of amides is 2. The van der Waals surface area contributed by atoms with Gasteiger partial charge in [-0.15, -0.1) is 0 Å². The molecule has 18 heavy (non-hydrogen) atoms. The number of carboxylic acid groups (broad SMARTS) is 1. The third kappa shape index (κ3) is 3.37. The van der Waals surface area contributed by atoms with Crippen LogP contribution in [0.2, 0.25) is 0 Å². The Kier molecular flexibility index (Phi) is 4.09. The zero-order valence-electron chi connectivity index (χ0n) is 10.8. The molecule has 2 rings (SSSR count). The standard InChI is InChI=1S/C13H22N2O3/c1-8(9-4-2-3-5-9)14-13(18)15-11(12(16)17)10-6-7-10/h8-11H,2-7H2,1H3,(H,16,17)(H2,14,15,18). The zero-order valence-corrected chi connectivity index (χ0v) is 10.8. The fraction of sp³-hybridized carbons (Fsp3) is 0.846. The van der Waals surface area contributed by atoms with Crippen LogP contribution >= 0.6 is 0 Å². The molecule has 2 atom stereocenters. The normalized spacial score (nSPS) is 23.4. The Bertz CT molecular complexity index is 322. The van der Waals surface area contributed by atoms with Gasteiger partial charge in [0, 0.05) is 6.04 Å². The first-order chi connectivity index (χ1) is 8.58. The molecule has 2 aliphatic carbocycles. The van der Waals surface area contributed by atoms with Crippen LogP contribution in [0.1, 0.15) is 45.4 Å². The van der Waals surface area contributed by atoms with Crippen molar-refractivity contribution in [3.05, 3.63) is 0 Å². The molecule has 0 aromatic carbocycles. The van der Waals surface area contributed by atoms with Crippen molar-refractivity contribution < 1.29 is 14.7 Å². The van der Waals surface area contributed by atoms with Gasteiger partial charge < -0.3 is 15.7 Å². The molecule has 0 radical (unpaired) electrons. The predicted octanol–water partition coefficient (Wildman–Crippen LogP) is 1.73. The molecule has 0 aromatic rings. The summed E-state index contributed by atoms with van der Waals surface area (Å²) in [7, 11) is 0. The van der Waals surface area contributed by atoms with Crippen LogP contribution in [0.5, 0.6) is 0 Å². The van der Waals surface area contributed by atoms with Gasteiger partial charge in [0.25, 0.3) is 0 Å². The highest BCUT2D eigenvalue weighted by Crippen LogP contribution is 2.32. The lowest BCUT2D eigenvalue weighted by molar-refractivity contribution is -0.139. The van der Waals surface area contributed by atoms with E-state index in [4.69, 9.17) is 5.11 Å². The number of carbonyl (C=O) groups is 2. The highest BCUT2D eigenvalue weighted by atomic mass is 16.4. The molecule has 0 aliphatic heterocycles. The van der Waals surface area contributed by atoms with Gasteiger partial charge in [0.1, 0.15) is 6.04 Å². The van der Waals surface area contributed by atoms with Crippen molar-refractivity contribution in [2.75, 3.05) is 0 Å². The smallest absolute Gasteiger partial charge is 0.326 e. The summed E-state index contributed by atoms with van der Waals surface area (Å²) < 4.78 is 0. The molecule has 3 N–H and O–H groups in total. The molecule has 2 aliphatic rings. The summed E-state index contributed by atoms with van der Waals surface area (Å²) in [6.45, 7) is 2.00. The summed E-state index contributed by atoms with van der Waals surface area (Å²) >= 11 is 0. The maximum atomic E-state index is 11.8. The van der Waals surface area contributed by atoms with Crippen LogP contribution in [0.4, 0.5) is 4.79 Å². The lowest BCUT2D eigenvalue weighted by Gasteiger charge is -2.22. The van der Waals surface area contributed by atoms with Crippen molar-refractivity contribution in [1.82, 2.24) is 10.6 Å². The van der Waals surface area contributed by atoms with Crippen molar-refractivity contribution in [3.8, 4) is 0 Å². The maximum absolute atomic E-state index is 11.8. The zero-order chi connectivity index (χ0) is 13.1. The highest BCUT2D eigenvalue weighted by Gasteiger charge is 2.37. The Labute approximate surface area is 107 Å². The maximum Gasteiger partial charge on any atom is 0.326 e. The van der Waals surface area contributed by atoms with Gasteiger partial charge in [-0.25, -0.2) is 9.59 Å². The Balaban J connectivity index is 1.78. The molecule has 102 valence electrons. The Morgan fingerprint density at radius 2 is 1.67 bits per heavy atom. The summed E-state index contributed by atoms with van der Waals surface area (Å²) in [4.78, 5) is 22.8. The number of carbonyl (C=O) groups excluding carboxylic acids is 1. The van der Waals surface area contributed by atoms with Crippen molar-refractivity contribution in [2.45, 2.75) is 57.5 Å². The second-order valence-corrected chi connectivity index (χ2v) is 5.60. The number of aliphatic carboxylic acids is 1. The molecule has 2 unspecified atom stereocenters. The third-order valence-corrected chi connectivity index (χ3v) is 4.11. The molecule has 0 aromatic heterocycles. The van der Waals surface area contributed by atoms with E-state index in [9.17, 15) is 9.59 Å². The van der Waals surface area contributed by atoms with Gasteiger partial charge in [-0.05, 0) is 44.4 Å². The topological polar surface area (TPSA) is 78.4 Å². The van der Waals surface area contributed by atoms with E-state index in [1.165, 1.54) is 12.8 Å². The quantitative estimate of drug-likeness (QED) is 0.699. The van der Waals surface area contributed by atoms with Gasteiger partial charge in [0.15, 0.2) is 0 Å². The van der Waals surface area contributed by atoms with Gasteiger partial charge >= 0.3 is 12.0 Å². The molecule has 0 heterocycles. The van der Waals surface area contributed by atoms with Gasteiger partial charge in [-0.3, -0.25) is 0 Å². The lowest BCUT2D eigenvalue weighted by Crippen LogP contribution is -2.50. The van der Waals surface area contributed by atoms with Crippen molar-refractivity contribution in [3.63, 3.8) is 0 Å². The molecule has 2 amide bonds. The largest absolute Gasteiger partial charge is 0.480 e. The second-order valence-electron chi connectivity index (χ2n) is 5.60. The Hall–Kier alpha value is -1.26. The average molecular weight is 254 g/mol. The number of urea groups is 1. The van der Waals surface area contributed by atoms with Crippen molar-refractivity contribution in [1.29, 1.82) is 0 Å². The van der Waals surface area contributed by atoms with Crippen molar-refractivity contribution >= 4 is 12.0 Å². The summed E-state index contributed by atoms with van der Waals surface area (Å²) in [5.41, 5.74) is 0. The minimum absolute atomic E-state index is 0.120. The molecule has 0 bridgehead atoms. The first-order valence-electron chi connectivity index (χ1n) is 6.87. The predicted molar refractivity (Wildman–Crippen MR) is 67.2 cm³/mol. The van der Waals surface area contributed by atoms with Crippen LogP contribution in [0.15, 0.2) is 0 Å². The highest BCUT2D eigenvalue weighted by molar-refractivity contribution is 5.83. The van der Waals surface area contributed by atoms with E-state index < -0.39 is 12.0 Å². The molecule has 2 saturated carbocycles. The fourth-order valence-electron chi connectivity index (χ4n) is 2.78. The monoisotopic (exact) mass is 254 g/mol. The van der Waals surface area contributed by atoms with Crippen LogP contribution in [-0.4, -0.2) is 29.2 Å². The average Bonchev–Trinajstić information content (AvgIpc) is 2.98. The summed E-state index contributed by atoms with van der Waals surface area (Å²) in [5.74, 6) is -0.267. The lowest BCUT2D eigenvalue weighted by atomic mass is 10.0. The molecule has 0 spiro atoms. The summed E-state index contributed by atoms with van der Waals surface area (Å²) in [6.07, 6.45) is 6.58. The Morgan fingerprint density at radius 3 is 2.17 bits per heavy atom. The van der Waals surface area contributed by atoms with E-state index in [2.05, 4.69) is 10.6 Å².